The number of nitrogens with one attached hydrogen (secondary N) is 2. The number of hydrogen-bond donors (Lipinski definition) is 2. The van der Waals surface area contributed by atoms with Gasteiger partial charge in [0.25, 0.3) is 5.69 Å². The summed E-state index contributed by atoms with van der Waals surface area (Å²) in [7, 11) is 0. The molecule has 1 atom stereocenters. The first kappa shape index (κ1) is 14.5. The lowest BCUT2D eigenvalue weighted by Crippen LogP contribution is -2.48. The summed E-state index contributed by atoms with van der Waals surface area (Å²) in [5, 5.41) is 16.9. The van der Waals surface area contributed by atoms with Gasteiger partial charge in [0.15, 0.2) is 0 Å². The van der Waals surface area contributed by atoms with Crippen molar-refractivity contribution in [2.24, 2.45) is 11.8 Å². The van der Waals surface area contributed by atoms with Crippen LogP contribution in [0.25, 0.3) is 0 Å². The van der Waals surface area contributed by atoms with Crippen molar-refractivity contribution in [1.82, 2.24) is 5.32 Å². The minimum absolute atomic E-state index is 0.0552. The van der Waals surface area contributed by atoms with Crippen molar-refractivity contribution in [2.75, 3.05) is 18.4 Å². The van der Waals surface area contributed by atoms with Gasteiger partial charge in [-0.1, -0.05) is 6.92 Å². The molecule has 0 radical (unpaired) electrons. The molecule has 0 spiro atoms. The first-order valence-electron chi connectivity index (χ1n) is 6.67. The molecule has 1 saturated heterocycles. The summed E-state index contributed by atoms with van der Waals surface area (Å²) in [5.74, 6) is -0.0130. The third-order valence-electron chi connectivity index (χ3n) is 4.00. The normalized spacial score (nSPS) is 16.4. The minimum atomic E-state index is -0.461. The Balaban J connectivity index is 2.21. The van der Waals surface area contributed by atoms with Crippen molar-refractivity contribution in [3.05, 3.63) is 33.4 Å². The van der Waals surface area contributed by atoms with Gasteiger partial charge in [-0.15, -0.1) is 0 Å². The second-order valence-corrected chi connectivity index (χ2v) is 5.41. The van der Waals surface area contributed by atoms with Gasteiger partial charge in [0.05, 0.1) is 4.92 Å². The third-order valence-corrected chi connectivity index (χ3v) is 4.00. The SMILES string of the molecule is Cc1cc(NC(=O)C(C)C2CNC2)c([N+](=O)[O-])cc1C. The Morgan fingerprint density at radius 1 is 1.40 bits per heavy atom. The fourth-order valence-corrected chi connectivity index (χ4v) is 2.18. The van der Waals surface area contributed by atoms with Crippen LogP contribution in [0.2, 0.25) is 0 Å². The van der Waals surface area contributed by atoms with Gasteiger partial charge in [0, 0.05) is 12.0 Å². The molecule has 0 saturated carbocycles. The fraction of sp³-hybridized carbons (Fsp3) is 0.500. The van der Waals surface area contributed by atoms with Crippen LogP contribution >= 0.6 is 0 Å². The second kappa shape index (κ2) is 5.58. The molecule has 2 rings (SSSR count). The maximum absolute atomic E-state index is 12.2. The van der Waals surface area contributed by atoms with Gasteiger partial charge in [-0.2, -0.15) is 0 Å². The molecule has 1 aromatic carbocycles. The van der Waals surface area contributed by atoms with Gasteiger partial charge < -0.3 is 10.6 Å². The predicted molar refractivity (Wildman–Crippen MR) is 76.7 cm³/mol. The molecule has 2 N–H and O–H groups in total. The molecule has 0 aromatic heterocycles. The molecule has 1 amide bonds. The molecular formula is C14H19N3O3. The van der Waals surface area contributed by atoms with Gasteiger partial charge in [-0.3, -0.25) is 14.9 Å². The van der Waals surface area contributed by atoms with Crippen LogP contribution in [0.3, 0.4) is 0 Å². The number of carbonyl (C=O) groups is 1. The number of benzene rings is 1. The maximum Gasteiger partial charge on any atom is 0.293 e. The number of nitro benzene ring substituents is 1. The van der Waals surface area contributed by atoms with Crippen LogP contribution in [0, 0.1) is 35.8 Å². The molecular weight excluding hydrogens is 258 g/mol. The molecule has 1 aliphatic heterocycles. The first-order chi connectivity index (χ1) is 9.40. The number of amides is 1. The highest BCUT2D eigenvalue weighted by molar-refractivity contribution is 5.95. The van der Waals surface area contributed by atoms with E-state index in [1.165, 1.54) is 6.07 Å². The van der Waals surface area contributed by atoms with E-state index in [2.05, 4.69) is 10.6 Å². The summed E-state index contributed by atoms with van der Waals surface area (Å²) in [6.07, 6.45) is 0. The topological polar surface area (TPSA) is 84.3 Å². The van der Waals surface area contributed by atoms with Gasteiger partial charge in [-0.05, 0) is 50.0 Å². The summed E-state index contributed by atoms with van der Waals surface area (Å²) >= 11 is 0. The number of aryl methyl sites for hydroxylation is 2. The van der Waals surface area contributed by atoms with Crippen LogP contribution < -0.4 is 10.6 Å². The zero-order valence-electron chi connectivity index (χ0n) is 11.9. The van der Waals surface area contributed by atoms with E-state index in [0.717, 1.165) is 24.2 Å². The van der Waals surface area contributed by atoms with E-state index in [9.17, 15) is 14.9 Å². The van der Waals surface area contributed by atoms with Crippen LogP contribution in [0.1, 0.15) is 18.1 Å². The van der Waals surface area contributed by atoms with E-state index < -0.39 is 4.92 Å². The molecule has 1 aliphatic rings. The summed E-state index contributed by atoms with van der Waals surface area (Å²) < 4.78 is 0. The summed E-state index contributed by atoms with van der Waals surface area (Å²) in [6, 6.07) is 3.16. The number of carbonyl (C=O) groups excluding carboxylic acids is 1. The van der Waals surface area contributed by atoms with E-state index >= 15 is 0 Å². The molecule has 6 nitrogen and oxygen atoms in total. The second-order valence-electron chi connectivity index (χ2n) is 5.41. The Bertz CT molecular complexity index is 553. The van der Waals surface area contributed by atoms with Crippen molar-refractivity contribution in [2.45, 2.75) is 20.8 Å². The molecule has 1 heterocycles. The van der Waals surface area contributed by atoms with Crippen molar-refractivity contribution in [3.63, 3.8) is 0 Å². The molecule has 1 unspecified atom stereocenters. The Morgan fingerprint density at radius 3 is 2.50 bits per heavy atom. The summed E-state index contributed by atoms with van der Waals surface area (Å²) in [6.45, 7) is 7.19. The average Bonchev–Trinajstić information content (AvgIpc) is 2.30. The number of nitrogens with zero attached hydrogens (tertiary/aromatic N) is 1. The number of anilines is 1. The first-order valence-corrected chi connectivity index (χ1v) is 6.67. The number of rotatable bonds is 4. The van der Waals surface area contributed by atoms with Gasteiger partial charge in [0.2, 0.25) is 5.91 Å². The maximum atomic E-state index is 12.2. The highest BCUT2D eigenvalue weighted by Gasteiger charge is 2.29. The smallest absolute Gasteiger partial charge is 0.293 e. The van der Waals surface area contributed by atoms with Crippen molar-refractivity contribution < 1.29 is 9.72 Å². The van der Waals surface area contributed by atoms with Crippen LogP contribution in [0.4, 0.5) is 11.4 Å². The molecule has 0 aliphatic carbocycles. The Hall–Kier alpha value is -1.95. The molecule has 20 heavy (non-hydrogen) atoms. The Morgan fingerprint density at radius 2 is 2.00 bits per heavy atom. The largest absolute Gasteiger partial charge is 0.320 e. The lowest BCUT2D eigenvalue weighted by atomic mass is 9.88. The Kier molecular flexibility index (Phi) is 4.04. The minimum Gasteiger partial charge on any atom is -0.320 e. The van der Waals surface area contributed by atoms with Crippen LogP contribution in [-0.2, 0) is 4.79 Å². The summed E-state index contributed by atoms with van der Waals surface area (Å²) in [4.78, 5) is 22.8. The van der Waals surface area contributed by atoms with Crippen molar-refractivity contribution in [3.8, 4) is 0 Å². The van der Waals surface area contributed by atoms with E-state index in [-0.39, 0.29) is 23.2 Å². The van der Waals surface area contributed by atoms with Crippen LogP contribution in [-0.4, -0.2) is 23.9 Å². The van der Waals surface area contributed by atoms with Gasteiger partial charge in [0.1, 0.15) is 5.69 Å². The number of hydrogen-bond acceptors (Lipinski definition) is 4. The monoisotopic (exact) mass is 277 g/mol. The number of nitro groups is 1. The van der Waals surface area contributed by atoms with Gasteiger partial charge >= 0.3 is 0 Å². The van der Waals surface area contributed by atoms with Crippen LogP contribution in [0.5, 0.6) is 0 Å². The van der Waals surface area contributed by atoms with E-state index in [4.69, 9.17) is 0 Å². The molecule has 1 aromatic rings. The van der Waals surface area contributed by atoms with Crippen LogP contribution in [0.15, 0.2) is 12.1 Å². The standard InChI is InChI=1S/C14H19N3O3/c1-8-4-12(13(17(19)20)5-9(8)2)16-14(18)10(3)11-6-15-7-11/h4-5,10-11,15H,6-7H2,1-3H3,(H,16,18). The molecule has 108 valence electrons. The van der Waals surface area contributed by atoms with Gasteiger partial charge in [-0.25, -0.2) is 0 Å². The highest BCUT2D eigenvalue weighted by atomic mass is 16.6. The lowest BCUT2D eigenvalue weighted by molar-refractivity contribution is -0.384. The average molecular weight is 277 g/mol. The van der Waals surface area contributed by atoms with Crippen molar-refractivity contribution in [1.29, 1.82) is 0 Å². The third kappa shape index (κ3) is 2.80. The summed E-state index contributed by atoms with van der Waals surface area (Å²) in [5.41, 5.74) is 1.98. The zero-order chi connectivity index (χ0) is 14.9. The fourth-order valence-electron chi connectivity index (χ4n) is 2.18. The van der Waals surface area contributed by atoms with E-state index in [1.807, 2.05) is 20.8 Å². The predicted octanol–water partition coefficient (Wildman–Crippen LogP) is 2.01. The highest BCUT2D eigenvalue weighted by Crippen LogP contribution is 2.29. The molecule has 0 bridgehead atoms. The lowest BCUT2D eigenvalue weighted by Gasteiger charge is -2.31. The molecule has 6 heteroatoms. The van der Waals surface area contributed by atoms with E-state index in [0.29, 0.717) is 5.92 Å². The molecule has 1 fully saturated rings. The quantitative estimate of drug-likeness (QED) is 0.651. The van der Waals surface area contributed by atoms with E-state index in [1.54, 1.807) is 6.07 Å². The zero-order valence-corrected chi connectivity index (χ0v) is 11.9. The van der Waals surface area contributed by atoms with Crippen molar-refractivity contribution >= 4 is 17.3 Å². The Labute approximate surface area is 117 Å².